The molecule has 13 heavy (non-hydrogen) atoms. The molecule has 0 spiro atoms. The molecule has 2 N–H and O–H groups in total. The molecule has 1 heterocycles. The predicted molar refractivity (Wildman–Crippen MR) is 53.6 cm³/mol. The second-order valence-electron chi connectivity index (χ2n) is 4.57. The molecule has 0 aromatic carbocycles. The van der Waals surface area contributed by atoms with Gasteiger partial charge in [0.2, 0.25) is 0 Å². The van der Waals surface area contributed by atoms with E-state index in [2.05, 4.69) is 5.32 Å². The van der Waals surface area contributed by atoms with E-state index in [1.807, 2.05) is 0 Å². The van der Waals surface area contributed by atoms with Crippen LogP contribution in [0.3, 0.4) is 0 Å². The van der Waals surface area contributed by atoms with Crippen LogP contribution in [0.25, 0.3) is 0 Å². The van der Waals surface area contributed by atoms with Crippen molar-refractivity contribution >= 4 is 0 Å². The molecule has 0 aromatic rings. The van der Waals surface area contributed by atoms with Gasteiger partial charge in [-0.2, -0.15) is 0 Å². The Hall–Kier alpha value is -0.0800. The zero-order chi connectivity index (χ0) is 9.10. The van der Waals surface area contributed by atoms with Crippen molar-refractivity contribution in [1.29, 1.82) is 0 Å². The number of aliphatic hydroxyl groups is 1. The zero-order valence-electron chi connectivity index (χ0n) is 8.34. The lowest BCUT2D eigenvalue weighted by Crippen LogP contribution is -2.31. The predicted octanol–water partition coefficient (Wildman–Crippen LogP) is 1.54. The first-order valence-electron chi connectivity index (χ1n) is 5.76. The number of hydrogen-bond donors (Lipinski definition) is 2. The maximum atomic E-state index is 8.95. The Labute approximate surface area is 80.7 Å². The zero-order valence-corrected chi connectivity index (χ0v) is 8.34. The van der Waals surface area contributed by atoms with E-state index < -0.39 is 0 Å². The summed E-state index contributed by atoms with van der Waals surface area (Å²) in [7, 11) is 0. The summed E-state index contributed by atoms with van der Waals surface area (Å²) in [6.07, 6.45) is 8.05. The van der Waals surface area contributed by atoms with Crippen molar-refractivity contribution < 1.29 is 5.11 Å². The first-order valence-corrected chi connectivity index (χ1v) is 5.76. The van der Waals surface area contributed by atoms with Gasteiger partial charge in [-0.25, -0.2) is 0 Å². The molecular weight excluding hydrogens is 162 g/mol. The quantitative estimate of drug-likeness (QED) is 0.695. The average molecular weight is 183 g/mol. The fourth-order valence-corrected chi connectivity index (χ4v) is 3.19. The van der Waals surface area contributed by atoms with Crippen LogP contribution in [-0.4, -0.2) is 24.3 Å². The van der Waals surface area contributed by atoms with Gasteiger partial charge in [-0.15, -0.1) is 0 Å². The minimum absolute atomic E-state index is 0.348. The van der Waals surface area contributed by atoms with E-state index >= 15 is 0 Å². The Bertz CT molecular complexity index is 154. The number of nitrogens with one attached hydrogen (secondary N) is 1. The molecular formula is C11H21NO. The van der Waals surface area contributed by atoms with Crippen molar-refractivity contribution in [1.82, 2.24) is 5.32 Å². The summed E-state index contributed by atoms with van der Waals surface area (Å²) < 4.78 is 0. The van der Waals surface area contributed by atoms with Crippen molar-refractivity contribution in [3.63, 3.8) is 0 Å². The van der Waals surface area contributed by atoms with Crippen LogP contribution >= 0.6 is 0 Å². The van der Waals surface area contributed by atoms with E-state index in [-0.39, 0.29) is 0 Å². The maximum Gasteiger partial charge on any atom is 0.0445 e. The molecule has 0 amide bonds. The van der Waals surface area contributed by atoms with E-state index in [1.165, 1.54) is 38.6 Å². The van der Waals surface area contributed by atoms with Gasteiger partial charge in [0.05, 0.1) is 0 Å². The van der Waals surface area contributed by atoms with E-state index in [0.717, 1.165) is 18.3 Å². The van der Waals surface area contributed by atoms with Gasteiger partial charge in [0.15, 0.2) is 0 Å². The highest BCUT2D eigenvalue weighted by atomic mass is 16.3. The van der Waals surface area contributed by atoms with Gasteiger partial charge in [-0.05, 0) is 31.2 Å². The maximum absolute atomic E-state index is 8.95. The SMILES string of the molecule is OCCC1NCCC1C1CCCC1. The van der Waals surface area contributed by atoms with Crippen LogP contribution in [0.4, 0.5) is 0 Å². The summed E-state index contributed by atoms with van der Waals surface area (Å²) in [6.45, 7) is 1.52. The second-order valence-corrected chi connectivity index (χ2v) is 4.57. The lowest BCUT2D eigenvalue weighted by Gasteiger charge is -2.24. The third kappa shape index (κ3) is 2.05. The lowest BCUT2D eigenvalue weighted by atomic mass is 9.84. The monoisotopic (exact) mass is 183 g/mol. The third-order valence-electron chi connectivity index (χ3n) is 3.85. The summed E-state index contributed by atoms with van der Waals surface area (Å²) in [6, 6.07) is 0.619. The number of hydrogen-bond acceptors (Lipinski definition) is 2. The van der Waals surface area contributed by atoms with Crippen molar-refractivity contribution in [2.24, 2.45) is 11.8 Å². The highest BCUT2D eigenvalue weighted by Crippen LogP contribution is 2.37. The molecule has 0 radical (unpaired) electrons. The van der Waals surface area contributed by atoms with Crippen LogP contribution < -0.4 is 5.32 Å². The van der Waals surface area contributed by atoms with Gasteiger partial charge in [0.25, 0.3) is 0 Å². The molecule has 2 heteroatoms. The summed E-state index contributed by atoms with van der Waals surface area (Å²) >= 11 is 0. The molecule has 1 saturated heterocycles. The van der Waals surface area contributed by atoms with Gasteiger partial charge in [0.1, 0.15) is 0 Å². The average Bonchev–Trinajstić information content (AvgIpc) is 2.71. The minimum Gasteiger partial charge on any atom is -0.396 e. The molecule has 2 atom stereocenters. The first-order chi connectivity index (χ1) is 6.42. The van der Waals surface area contributed by atoms with Crippen LogP contribution in [0.15, 0.2) is 0 Å². The molecule has 1 aliphatic carbocycles. The minimum atomic E-state index is 0.348. The van der Waals surface area contributed by atoms with Crippen molar-refractivity contribution in [2.45, 2.75) is 44.6 Å². The van der Waals surface area contributed by atoms with Crippen molar-refractivity contribution in [3.8, 4) is 0 Å². The number of rotatable bonds is 3. The van der Waals surface area contributed by atoms with Gasteiger partial charge >= 0.3 is 0 Å². The molecule has 1 aliphatic heterocycles. The summed E-state index contributed by atoms with van der Waals surface area (Å²) in [5, 5.41) is 12.5. The van der Waals surface area contributed by atoms with E-state index in [4.69, 9.17) is 5.11 Å². The summed E-state index contributed by atoms with van der Waals surface area (Å²) in [5.74, 6) is 1.83. The van der Waals surface area contributed by atoms with Crippen LogP contribution in [0.1, 0.15) is 38.5 Å². The van der Waals surface area contributed by atoms with Crippen LogP contribution in [-0.2, 0) is 0 Å². The normalized spacial score (nSPS) is 35.8. The van der Waals surface area contributed by atoms with E-state index in [0.29, 0.717) is 12.6 Å². The number of aliphatic hydroxyl groups excluding tert-OH is 1. The van der Waals surface area contributed by atoms with Crippen LogP contribution in [0, 0.1) is 11.8 Å². The molecule has 2 aliphatic rings. The molecule has 0 aromatic heterocycles. The standard InChI is InChI=1S/C11H21NO/c13-8-6-11-10(5-7-12-11)9-3-1-2-4-9/h9-13H,1-8H2. The van der Waals surface area contributed by atoms with Crippen LogP contribution in [0.2, 0.25) is 0 Å². The molecule has 0 bridgehead atoms. The Morgan fingerprint density at radius 2 is 1.92 bits per heavy atom. The van der Waals surface area contributed by atoms with Gasteiger partial charge in [-0.1, -0.05) is 25.7 Å². The molecule has 2 rings (SSSR count). The molecule has 2 fully saturated rings. The Kier molecular flexibility index (Phi) is 3.23. The summed E-state index contributed by atoms with van der Waals surface area (Å²) in [5.41, 5.74) is 0. The largest absolute Gasteiger partial charge is 0.396 e. The smallest absolute Gasteiger partial charge is 0.0445 e. The molecule has 2 nitrogen and oxygen atoms in total. The second kappa shape index (κ2) is 4.43. The highest BCUT2D eigenvalue weighted by Gasteiger charge is 2.33. The van der Waals surface area contributed by atoms with Gasteiger partial charge in [0, 0.05) is 12.6 Å². The van der Waals surface area contributed by atoms with Crippen molar-refractivity contribution in [3.05, 3.63) is 0 Å². The topological polar surface area (TPSA) is 32.3 Å². The van der Waals surface area contributed by atoms with Gasteiger partial charge < -0.3 is 10.4 Å². The fourth-order valence-electron chi connectivity index (χ4n) is 3.19. The lowest BCUT2D eigenvalue weighted by molar-refractivity contribution is 0.228. The Morgan fingerprint density at radius 1 is 1.15 bits per heavy atom. The van der Waals surface area contributed by atoms with E-state index in [9.17, 15) is 0 Å². The fraction of sp³-hybridized carbons (Fsp3) is 1.00. The van der Waals surface area contributed by atoms with Crippen LogP contribution in [0.5, 0.6) is 0 Å². The Balaban J connectivity index is 1.88. The highest BCUT2D eigenvalue weighted by molar-refractivity contribution is 4.89. The van der Waals surface area contributed by atoms with Crippen molar-refractivity contribution in [2.75, 3.05) is 13.2 Å². The molecule has 76 valence electrons. The Morgan fingerprint density at radius 3 is 2.62 bits per heavy atom. The molecule has 2 unspecified atom stereocenters. The third-order valence-corrected chi connectivity index (χ3v) is 3.85. The first kappa shape index (κ1) is 9.47. The summed E-state index contributed by atoms with van der Waals surface area (Å²) in [4.78, 5) is 0. The van der Waals surface area contributed by atoms with Gasteiger partial charge in [-0.3, -0.25) is 0 Å². The van der Waals surface area contributed by atoms with E-state index in [1.54, 1.807) is 0 Å². The molecule has 1 saturated carbocycles.